The minimum Gasteiger partial charge on any atom is -0.392 e. The SMILES string of the molecule is Cc1c(CN(C[C@@H](C)O)C(C)C)cccc1[N+](=O)[O-]. The fourth-order valence-electron chi connectivity index (χ4n) is 2.06. The molecule has 5 heteroatoms. The van der Waals surface area contributed by atoms with Gasteiger partial charge in [-0.15, -0.1) is 0 Å². The predicted octanol–water partition coefficient (Wildman–Crippen LogP) is 2.49. The number of benzene rings is 1. The van der Waals surface area contributed by atoms with Crippen LogP contribution >= 0.6 is 0 Å². The third-order valence-electron chi connectivity index (χ3n) is 3.22. The number of aliphatic hydroxyl groups excluding tert-OH is 1. The normalized spacial score (nSPS) is 13.0. The Kier molecular flexibility index (Phi) is 5.44. The van der Waals surface area contributed by atoms with Crippen LogP contribution in [0.5, 0.6) is 0 Å². The van der Waals surface area contributed by atoms with Crippen LogP contribution in [0.4, 0.5) is 5.69 Å². The number of nitro groups is 1. The van der Waals surface area contributed by atoms with E-state index in [-0.39, 0.29) is 16.7 Å². The number of nitro benzene ring substituents is 1. The maximum atomic E-state index is 10.9. The molecule has 0 aromatic heterocycles. The molecule has 0 bridgehead atoms. The van der Waals surface area contributed by atoms with E-state index in [1.165, 1.54) is 6.07 Å². The molecule has 1 rings (SSSR count). The molecule has 19 heavy (non-hydrogen) atoms. The first-order valence-electron chi connectivity index (χ1n) is 6.48. The van der Waals surface area contributed by atoms with E-state index in [1.54, 1.807) is 19.9 Å². The van der Waals surface area contributed by atoms with E-state index in [2.05, 4.69) is 18.7 Å². The van der Waals surface area contributed by atoms with Crippen LogP contribution in [0.25, 0.3) is 0 Å². The summed E-state index contributed by atoms with van der Waals surface area (Å²) in [7, 11) is 0. The number of hydrogen-bond donors (Lipinski definition) is 1. The second-order valence-electron chi connectivity index (χ2n) is 5.19. The summed E-state index contributed by atoms with van der Waals surface area (Å²) < 4.78 is 0. The zero-order chi connectivity index (χ0) is 14.6. The molecule has 0 fully saturated rings. The van der Waals surface area contributed by atoms with Crippen molar-refractivity contribution in [2.75, 3.05) is 6.54 Å². The molecule has 0 radical (unpaired) electrons. The Morgan fingerprint density at radius 2 is 2.00 bits per heavy atom. The Hall–Kier alpha value is -1.46. The van der Waals surface area contributed by atoms with E-state index in [1.807, 2.05) is 6.07 Å². The Balaban J connectivity index is 2.97. The van der Waals surface area contributed by atoms with Gasteiger partial charge < -0.3 is 5.11 Å². The first-order valence-corrected chi connectivity index (χ1v) is 6.48. The highest BCUT2D eigenvalue weighted by molar-refractivity contribution is 5.44. The molecular formula is C14H22N2O3. The molecule has 106 valence electrons. The summed E-state index contributed by atoms with van der Waals surface area (Å²) in [5.41, 5.74) is 1.78. The summed E-state index contributed by atoms with van der Waals surface area (Å²) in [5.74, 6) is 0. The smallest absolute Gasteiger partial charge is 0.272 e. The van der Waals surface area contributed by atoms with Gasteiger partial charge in [-0.05, 0) is 33.3 Å². The lowest BCUT2D eigenvalue weighted by molar-refractivity contribution is -0.385. The largest absolute Gasteiger partial charge is 0.392 e. The van der Waals surface area contributed by atoms with Crippen LogP contribution in [0, 0.1) is 17.0 Å². The average molecular weight is 266 g/mol. The molecule has 0 saturated carbocycles. The fraction of sp³-hybridized carbons (Fsp3) is 0.571. The van der Waals surface area contributed by atoms with Gasteiger partial charge in [0.1, 0.15) is 0 Å². The lowest BCUT2D eigenvalue weighted by Gasteiger charge is -2.28. The topological polar surface area (TPSA) is 66.6 Å². The van der Waals surface area contributed by atoms with Gasteiger partial charge >= 0.3 is 0 Å². The molecule has 1 N–H and O–H groups in total. The Labute approximate surface area is 114 Å². The highest BCUT2D eigenvalue weighted by atomic mass is 16.6. The van der Waals surface area contributed by atoms with Crippen molar-refractivity contribution in [3.63, 3.8) is 0 Å². The standard InChI is InChI=1S/C14H22N2O3/c1-10(2)15(8-11(3)17)9-13-6-5-7-14(12(13)4)16(18)19/h5-7,10-11,17H,8-9H2,1-4H3/t11-/m1/s1. The van der Waals surface area contributed by atoms with E-state index >= 15 is 0 Å². The lowest BCUT2D eigenvalue weighted by Crippen LogP contribution is -2.36. The third kappa shape index (κ3) is 4.29. The van der Waals surface area contributed by atoms with Gasteiger partial charge in [-0.1, -0.05) is 12.1 Å². The summed E-state index contributed by atoms with van der Waals surface area (Å²) in [4.78, 5) is 12.7. The first kappa shape index (κ1) is 15.6. The average Bonchev–Trinajstić information content (AvgIpc) is 2.29. The molecule has 0 aliphatic rings. The van der Waals surface area contributed by atoms with Crippen LogP contribution in [0.3, 0.4) is 0 Å². The Morgan fingerprint density at radius 3 is 2.47 bits per heavy atom. The van der Waals surface area contributed by atoms with Crippen LogP contribution in [0.15, 0.2) is 18.2 Å². The van der Waals surface area contributed by atoms with Gasteiger partial charge in [-0.2, -0.15) is 0 Å². The van der Waals surface area contributed by atoms with Crippen molar-refractivity contribution in [1.29, 1.82) is 0 Å². The fourth-order valence-corrected chi connectivity index (χ4v) is 2.06. The van der Waals surface area contributed by atoms with Gasteiger partial charge in [0.05, 0.1) is 11.0 Å². The van der Waals surface area contributed by atoms with Crippen molar-refractivity contribution >= 4 is 5.69 Å². The van der Waals surface area contributed by atoms with Crippen LogP contribution in [-0.4, -0.2) is 33.6 Å². The molecule has 1 aromatic rings. The second kappa shape index (κ2) is 6.63. The number of nitrogens with zero attached hydrogens (tertiary/aromatic N) is 2. The van der Waals surface area contributed by atoms with E-state index in [9.17, 15) is 15.2 Å². The van der Waals surface area contributed by atoms with Gasteiger partial charge in [0, 0.05) is 30.8 Å². The highest BCUT2D eigenvalue weighted by Crippen LogP contribution is 2.22. The summed E-state index contributed by atoms with van der Waals surface area (Å²) in [5, 5.41) is 20.4. The van der Waals surface area contributed by atoms with Crippen molar-refractivity contribution in [3.05, 3.63) is 39.4 Å². The molecule has 0 amide bonds. The summed E-state index contributed by atoms with van der Waals surface area (Å²) >= 11 is 0. The molecule has 0 unspecified atom stereocenters. The van der Waals surface area contributed by atoms with Crippen LogP contribution < -0.4 is 0 Å². The van der Waals surface area contributed by atoms with Crippen LogP contribution in [0.2, 0.25) is 0 Å². The molecule has 0 aliphatic carbocycles. The summed E-state index contributed by atoms with van der Waals surface area (Å²) in [6, 6.07) is 5.40. The molecule has 0 aliphatic heterocycles. The maximum absolute atomic E-state index is 10.9. The van der Waals surface area contributed by atoms with Gasteiger partial charge in [-0.25, -0.2) is 0 Å². The zero-order valence-corrected chi connectivity index (χ0v) is 12.0. The molecule has 1 aromatic carbocycles. The van der Waals surface area contributed by atoms with E-state index < -0.39 is 6.10 Å². The monoisotopic (exact) mass is 266 g/mol. The molecule has 1 atom stereocenters. The predicted molar refractivity (Wildman–Crippen MR) is 75.1 cm³/mol. The zero-order valence-electron chi connectivity index (χ0n) is 12.0. The quantitative estimate of drug-likeness (QED) is 0.634. The summed E-state index contributed by atoms with van der Waals surface area (Å²) in [6.07, 6.45) is -0.415. The molecule has 0 spiro atoms. The van der Waals surface area contributed by atoms with Crippen molar-refractivity contribution in [1.82, 2.24) is 4.90 Å². The highest BCUT2D eigenvalue weighted by Gasteiger charge is 2.17. The van der Waals surface area contributed by atoms with Crippen LogP contribution in [-0.2, 0) is 6.54 Å². The summed E-state index contributed by atoms with van der Waals surface area (Å²) in [6.45, 7) is 8.78. The van der Waals surface area contributed by atoms with Crippen molar-refractivity contribution in [2.45, 2.75) is 46.4 Å². The number of hydrogen-bond acceptors (Lipinski definition) is 4. The van der Waals surface area contributed by atoms with Crippen molar-refractivity contribution in [3.8, 4) is 0 Å². The minimum absolute atomic E-state index is 0.151. The van der Waals surface area contributed by atoms with E-state index in [0.717, 1.165) is 5.56 Å². The Morgan fingerprint density at radius 1 is 1.37 bits per heavy atom. The number of aliphatic hydroxyl groups is 1. The first-order chi connectivity index (χ1) is 8.82. The third-order valence-corrected chi connectivity index (χ3v) is 3.22. The van der Waals surface area contributed by atoms with Crippen molar-refractivity contribution < 1.29 is 10.0 Å². The minimum atomic E-state index is -0.415. The molecular weight excluding hydrogens is 244 g/mol. The lowest BCUT2D eigenvalue weighted by atomic mass is 10.1. The van der Waals surface area contributed by atoms with Crippen LogP contribution in [0.1, 0.15) is 31.9 Å². The van der Waals surface area contributed by atoms with Gasteiger partial charge in [0.15, 0.2) is 0 Å². The Bertz CT molecular complexity index is 444. The van der Waals surface area contributed by atoms with Gasteiger partial charge in [0.25, 0.3) is 5.69 Å². The van der Waals surface area contributed by atoms with Gasteiger partial charge in [-0.3, -0.25) is 15.0 Å². The van der Waals surface area contributed by atoms with E-state index in [0.29, 0.717) is 18.7 Å². The number of rotatable bonds is 6. The molecule has 0 saturated heterocycles. The maximum Gasteiger partial charge on any atom is 0.272 e. The molecule has 5 nitrogen and oxygen atoms in total. The molecule has 0 heterocycles. The van der Waals surface area contributed by atoms with Crippen molar-refractivity contribution in [2.24, 2.45) is 0 Å². The van der Waals surface area contributed by atoms with Gasteiger partial charge in [0.2, 0.25) is 0 Å². The second-order valence-corrected chi connectivity index (χ2v) is 5.19. The van der Waals surface area contributed by atoms with E-state index in [4.69, 9.17) is 0 Å².